The quantitative estimate of drug-likeness (QED) is 0.902. The van der Waals surface area contributed by atoms with E-state index in [4.69, 9.17) is 10.5 Å². The van der Waals surface area contributed by atoms with Crippen molar-refractivity contribution in [3.8, 4) is 11.5 Å². The van der Waals surface area contributed by atoms with Crippen LogP contribution in [0.4, 0.5) is 0 Å². The van der Waals surface area contributed by atoms with Crippen LogP contribution in [0.3, 0.4) is 0 Å². The number of methoxy groups -OCH3 is 1. The van der Waals surface area contributed by atoms with Crippen molar-refractivity contribution in [1.82, 2.24) is 0 Å². The molecule has 3 nitrogen and oxygen atoms in total. The van der Waals surface area contributed by atoms with Crippen molar-refractivity contribution in [2.45, 2.75) is 6.04 Å². The van der Waals surface area contributed by atoms with E-state index in [2.05, 4.69) is 0 Å². The second-order valence-corrected chi connectivity index (χ2v) is 4.40. The highest BCUT2D eigenvalue weighted by molar-refractivity contribution is 7.10. The molecule has 0 saturated carbocycles. The van der Waals surface area contributed by atoms with E-state index >= 15 is 0 Å². The molecular weight excluding hydrogens is 258 g/mol. The maximum atomic E-state index is 9.36. The van der Waals surface area contributed by atoms with E-state index in [1.165, 1.54) is 0 Å². The van der Waals surface area contributed by atoms with Crippen LogP contribution in [0.2, 0.25) is 0 Å². The Labute approximate surface area is 110 Å². The van der Waals surface area contributed by atoms with Gasteiger partial charge in [0.15, 0.2) is 0 Å². The smallest absolute Gasteiger partial charge is 0.127 e. The van der Waals surface area contributed by atoms with Gasteiger partial charge in [-0.2, -0.15) is 0 Å². The number of aromatic hydroxyl groups is 1. The van der Waals surface area contributed by atoms with Crippen LogP contribution in [-0.4, -0.2) is 12.2 Å². The summed E-state index contributed by atoms with van der Waals surface area (Å²) in [6, 6.07) is 8.72. The Morgan fingerprint density at radius 1 is 1.35 bits per heavy atom. The van der Waals surface area contributed by atoms with Crippen molar-refractivity contribution in [2.75, 3.05) is 7.11 Å². The third-order valence-electron chi connectivity index (χ3n) is 2.40. The van der Waals surface area contributed by atoms with Crippen LogP contribution in [-0.2, 0) is 0 Å². The second kappa shape index (κ2) is 5.91. The van der Waals surface area contributed by atoms with E-state index in [-0.39, 0.29) is 24.2 Å². The second-order valence-electron chi connectivity index (χ2n) is 3.42. The van der Waals surface area contributed by atoms with Crippen LogP contribution in [0.1, 0.15) is 16.5 Å². The standard InChI is InChI=1S/C12H13NO2S.ClH/c1-15-10-7-8(14)4-5-9(10)12(13)11-3-2-6-16-11;/h2-7,12,14H,13H2,1H3;1H/t12-;/m0./s1. The number of phenols is 1. The first-order valence-electron chi connectivity index (χ1n) is 4.88. The zero-order valence-corrected chi connectivity index (χ0v) is 10.9. The lowest BCUT2D eigenvalue weighted by atomic mass is 10.0. The number of halogens is 1. The van der Waals surface area contributed by atoms with Gasteiger partial charge >= 0.3 is 0 Å². The molecule has 1 atom stereocenters. The van der Waals surface area contributed by atoms with E-state index in [1.807, 2.05) is 17.5 Å². The SMILES string of the molecule is COc1cc(O)ccc1[C@H](N)c1cccs1.Cl. The predicted molar refractivity (Wildman–Crippen MR) is 72.3 cm³/mol. The fourth-order valence-corrected chi connectivity index (χ4v) is 2.32. The maximum Gasteiger partial charge on any atom is 0.127 e. The number of rotatable bonds is 3. The van der Waals surface area contributed by atoms with Gasteiger partial charge in [-0.1, -0.05) is 6.07 Å². The Hall–Kier alpha value is -1.23. The molecule has 0 fully saturated rings. The molecule has 1 heterocycles. The van der Waals surface area contributed by atoms with E-state index in [1.54, 1.807) is 36.6 Å². The lowest BCUT2D eigenvalue weighted by molar-refractivity contribution is 0.401. The summed E-state index contributed by atoms with van der Waals surface area (Å²) in [6.07, 6.45) is 0. The van der Waals surface area contributed by atoms with Crippen molar-refractivity contribution >= 4 is 23.7 Å². The molecule has 92 valence electrons. The van der Waals surface area contributed by atoms with Crippen LogP contribution in [0.25, 0.3) is 0 Å². The van der Waals surface area contributed by atoms with Gasteiger partial charge in [-0.05, 0) is 23.6 Å². The van der Waals surface area contributed by atoms with Crippen LogP contribution < -0.4 is 10.5 Å². The van der Waals surface area contributed by atoms with E-state index < -0.39 is 0 Å². The molecule has 17 heavy (non-hydrogen) atoms. The molecule has 0 aliphatic carbocycles. The molecule has 2 aromatic rings. The fraction of sp³-hybridized carbons (Fsp3) is 0.167. The van der Waals surface area contributed by atoms with Crippen LogP contribution in [0.5, 0.6) is 11.5 Å². The lowest BCUT2D eigenvalue weighted by Crippen LogP contribution is -2.11. The molecule has 0 aliphatic heterocycles. The molecule has 0 bridgehead atoms. The number of hydrogen-bond acceptors (Lipinski definition) is 4. The first kappa shape index (κ1) is 13.8. The molecule has 1 aromatic carbocycles. The Morgan fingerprint density at radius 3 is 2.71 bits per heavy atom. The van der Waals surface area contributed by atoms with Crippen LogP contribution >= 0.6 is 23.7 Å². The highest BCUT2D eigenvalue weighted by Crippen LogP contribution is 2.32. The van der Waals surface area contributed by atoms with Gasteiger partial charge in [-0.15, -0.1) is 23.7 Å². The molecule has 0 amide bonds. The van der Waals surface area contributed by atoms with E-state index in [9.17, 15) is 5.11 Å². The van der Waals surface area contributed by atoms with Gasteiger partial charge in [0, 0.05) is 16.5 Å². The molecule has 1 aromatic heterocycles. The first-order chi connectivity index (χ1) is 7.72. The zero-order chi connectivity index (χ0) is 11.5. The van der Waals surface area contributed by atoms with Gasteiger partial charge in [0.05, 0.1) is 13.2 Å². The van der Waals surface area contributed by atoms with Gasteiger partial charge in [0.1, 0.15) is 11.5 Å². The average molecular weight is 272 g/mol. The van der Waals surface area contributed by atoms with Crippen molar-refractivity contribution in [3.05, 3.63) is 46.2 Å². The summed E-state index contributed by atoms with van der Waals surface area (Å²) in [5, 5.41) is 11.4. The Bertz CT molecular complexity index is 473. The summed E-state index contributed by atoms with van der Waals surface area (Å²) in [7, 11) is 1.57. The summed E-state index contributed by atoms with van der Waals surface area (Å²) < 4.78 is 5.21. The topological polar surface area (TPSA) is 55.5 Å². The molecule has 2 rings (SSSR count). The van der Waals surface area contributed by atoms with Crippen LogP contribution in [0, 0.1) is 0 Å². The maximum absolute atomic E-state index is 9.36. The van der Waals surface area contributed by atoms with Crippen LogP contribution in [0.15, 0.2) is 35.7 Å². The zero-order valence-electron chi connectivity index (χ0n) is 9.29. The first-order valence-corrected chi connectivity index (χ1v) is 5.76. The number of phenolic OH excluding ortho intramolecular Hbond substituents is 1. The molecule has 5 heteroatoms. The predicted octanol–water partition coefficient (Wildman–Crippen LogP) is 2.93. The third kappa shape index (κ3) is 2.91. The summed E-state index contributed by atoms with van der Waals surface area (Å²) in [5.41, 5.74) is 7.01. The average Bonchev–Trinajstić information content (AvgIpc) is 2.81. The van der Waals surface area contributed by atoms with Gasteiger partial charge in [-0.3, -0.25) is 0 Å². The minimum Gasteiger partial charge on any atom is -0.508 e. The minimum atomic E-state index is -0.212. The van der Waals surface area contributed by atoms with Gasteiger partial charge in [0.25, 0.3) is 0 Å². The summed E-state index contributed by atoms with van der Waals surface area (Å²) in [6.45, 7) is 0. The van der Waals surface area contributed by atoms with Gasteiger partial charge in [-0.25, -0.2) is 0 Å². The highest BCUT2D eigenvalue weighted by atomic mass is 35.5. The Balaban J connectivity index is 0.00000144. The molecule has 0 radical (unpaired) electrons. The number of nitrogens with two attached hydrogens (primary N) is 1. The Morgan fingerprint density at radius 2 is 2.12 bits per heavy atom. The molecule has 0 saturated heterocycles. The van der Waals surface area contributed by atoms with Crippen molar-refractivity contribution < 1.29 is 9.84 Å². The van der Waals surface area contributed by atoms with Crippen molar-refractivity contribution in [1.29, 1.82) is 0 Å². The number of benzene rings is 1. The molecule has 3 N–H and O–H groups in total. The molecule has 0 aliphatic rings. The number of ether oxygens (including phenoxy) is 1. The highest BCUT2D eigenvalue weighted by Gasteiger charge is 2.15. The largest absolute Gasteiger partial charge is 0.508 e. The summed E-state index contributed by atoms with van der Waals surface area (Å²) in [5.74, 6) is 0.792. The molecule has 0 unspecified atom stereocenters. The summed E-state index contributed by atoms with van der Waals surface area (Å²) in [4.78, 5) is 1.07. The minimum absolute atomic E-state index is 0. The summed E-state index contributed by atoms with van der Waals surface area (Å²) >= 11 is 1.61. The normalized spacial score (nSPS) is 11.6. The van der Waals surface area contributed by atoms with Gasteiger partial charge < -0.3 is 15.6 Å². The molecular formula is C12H14ClNO2S. The Kier molecular flexibility index (Phi) is 4.81. The fourth-order valence-electron chi connectivity index (χ4n) is 1.58. The van der Waals surface area contributed by atoms with Crippen molar-refractivity contribution in [2.24, 2.45) is 5.73 Å². The van der Waals surface area contributed by atoms with Crippen molar-refractivity contribution in [3.63, 3.8) is 0 Å². The van der Waals surface area contributed by atoms with Gasteiger partial charge in [0.2, 0.25) is 0 Å². The number of hydrogen-bond donors (Lipinski definition) is 2. The third-order valence-corrected chi connectivity index (χ3v) is 3.36. The number of thiophene rings is 1. The van der Waals surface area contributed by atoms with E-state index in [0.717, 1.165) is 10.4 Å². The lowest BCUT2D eigenvalue weighted by Gasteiger charge is -2.14. The molecule has 0 spiro atoms. The van der Waals surface area contributed by atoms with E-state index in [0.29, 0.717) is 5.75 Å². The monoisotopic (exact) mass is 271 g/mol.